The smallest absolute Gasteiger partial charge is 0.263 e. The van der Waals surface area contributed by atoms with Gasteiger partial charge in [0.25, 0.3) is 5.56 Å². The van der Waals surface area contributed by atoms with E-state index in [2.05, 4.69) is 0 Å². The SMILES string of the molecule is O=c1c2c3c(sc2nc(-c2ccc(F)cc2)n1Cc1ccccc1)CCCC3. The predicted molar refractivity (Wildman–Crippen MR) is 111 cm³/mol. The molecule has 0 saturated carbocycles. The molecule has 140 valence electrons. The van der Waals surface area contributed by atoms with Crippen molar-refractivity contribution in [3.63, 3.8) is 0 Å². The van der Waals surface area contributed by atoms with E-state index in [1.54, 1.807) is 28.0 Å². The molecule has 5 rings (SSSR count). The van der Waals surface area contributed by atoms with Crippen LogP contribution >= 0.6 is 11.3 Å². The number of halogens is 1. The largest absolute Gasteiger partial charge is 0.288 e. The van der Waals surface area contributed by atoms with Gasteiger partial charge in [0.05, 0.1) is 11.9 Å². The fourth-order valence-electron chi connectivity index (χ4n) is 3.97. The van der Waals surface area contributed by atoms with Gasteiger partial charge in [0.2, 0.25) is 0 Å². The fraction of sp³-hybridized carbons (Fsp3) is 0.217. The van der Waals surface area contributed by atoms with Gasteiger partial charge in [0.1, 0.15) is 16.5 Å². The molecule has 0 unspecified atom stereocenters. The molecule has 2 aromatic heterocycles. The third kappa shape index (κ3) is 2.96. The van der Waals surface area contributed by atoms with Crippen LogP contribution in [0.4, 0.5) is 4.39 Å². The molecule has 0 fully saturated rings. The van der Waals surface area contributed by atoms with Crippen molar-refractivity contribution in [1.82, 2.24) is 9.55 Å². The second kappa shape index (κ2) is 6.99. The first-order valence-corrected chi connectivity index (χ1v) is 10.4. The van der Waals surface area contributed by atoms with Crippen LogP contribution in [-0.2, 0) is 19.4 Å². The average molecular weight is 390 g/mol. The molecule has 5 heteroatoms. The summed E-state index contributed by atoms with van der Waals surface area (Å²) in [7, 11) is 0. The van der Waals surface area contributed by atoms with E-state index in [-0.39, 0.29) is 11.4 Å². The third-order valence-corrected chi connectivity index (χ3v) is 6.55. The number of thiophene rings is 1. The van der Waals surface area contributed by atoms with Crippen molar-refractivity contribution in [2.45, 2.75) is 32.2 Å². The Morgan fingerprint density at radius 3 is 2.54 bits per heavy atom. The first-order chi connectivity index (χ1) is 13.7. The molecule has 4 aromatic rings. The van der Waals surface area contributed by atoms with E-state index < -0.39 is 0 Å². The molecule has 1 aliphatic carbocycles. The van der Waals surface area contributed by atoms with Gasteiger partial charge in [-0.25, -0.2) is 9.37 Å². The Morgan fingerprint density at radius 2 is 1.75 bits per heavy atom. The van der Waals surface area contributed by atoms with Crippen molar-refractivity contribution in [1.29, 1.82) is 0 Å². The summed E-state index contributed by atoms with van der Waals surface area (Å²) in [4.78, 5) is 20.6. The molecule has 0 bridgehead atoms. The number of benzene rings is 2. The molecule has 0 radical (unpaired) electrons. The molecule has 0 saturated heterocycles. The fourth-order valence-corrected chi connectivity index (χ4v) is 5.22. The summed E-state index contributed by atoms with van der Waals surface area (Å²) in [6, 6.07) is 16.1. The number of hydrogen-bond donors (Lipinski definition) is 0. The molecule has 2 aromatic carbocycles. The molecule has 0 aliphatic heterocycles. The summed E-state index contributed by atoms with van der Waals surface area (Å²) in [5, 5.41) is 0.779. The highest BCUT2D eigenvalue weighted by Crippen LogP contribution is 2.35. The quantitative estimate of drug-likeness (QED) is 0.482. The Bertz CT molecular complexity index is 1210. The highest BCUT2D eigenvalue weighted by atomic mass is 32.1. The van der Waals surface area contributed by atoms with Crippen LogP contribution in [0.15, 0.2) is 59.4 Å². The summed E-state index contributed by atoms with van der Waals surface area (Å²) in [5.41, 5.74) is 2.99. The molecule has 0 N–H and O–H groups in total. The Labute approximate surface area is 166 Å². The first-order valence-electron chi connectivity index (χ1n) is 9.55. The number of aromatic nitrogens is 2. The van der Waals surface area contributed by atoms with Gasteiger partial charge in [-0.15, -0.1) is 11.3 Å². The molecule has 0 atom stereocenters. The van der Waals surface area contributed by atoms with Gasteiger partial charge in [0, 0.05) is 10.4 Å². The van der Waals surface area contributed by atoms with Crippen LogP contribution in [0.1, 0.15) is 28.8 Å². The monoisotopic (exact) mass is 390 g/mol. The maximum absolute atomic E-state index is 13.6. The maximum Gasteiger partial charge on any atom is 0.263 e. The summed E-state index contributed by atoms with van der Waals surface area (Å²) in [5.74, 6) is 0.299. The summed E-state index contributed by atoms with van der Waals surface area (Å²) >= 11 is 1.64. The number of aryl methyl sites for hydroxylation is 2. The Kier molecular flexibility index (Phi) is 4.32. The van der Waals surface area contributed by atoms with Gasteiger partial charge in [-0.2, -0.15) is 0 Å². The summed E-state index contributed by atoms with van der Waals surface area (Å²) in [6.07, 6.45) is 4.27. The molecule has 1 aliphatic rings. The topological polar surface area (TPSA) is 34.9 Å². The highest BCUT2D eigenvalue weighted by Gasteiger charge is 2.22. The highest BCUT2D eigenvalue weighted by molar-refractivity contribution is 7.18. The maximum atomic E-state index is 13.6. The van der Waals surface area contributed by atoms with Gasteiger partial charge in [-0.1, -0.05) is 30.3 Å². The Balaban J connectivity index is 1.77. The summed E-state index contributed by atoms with van der Waals surface area (Å²) < 4.78 is 15.2. The van der Waals surface area contributed by atoms with Crippen LogP contribution < -0.4 is 5.56 Å². The van der Waals surface area contributed by atoms with E-state index in [0.717, 1.165) is 40.6 Å². The van der Waals surface area contributed by atoms with Crippen LogP contribution in [0.2, 0.25) is 0 Å². The van der Waals surface area contributed by atoms with E-state index in [1.165, 1.54) is 29.0 Å². The molecular formula is C23H19FN2OS. The van der Waals surface area contributed by atoms with Crippen molar-refractivity contribution in [2.75, 3.05) is 0 Å². The van der Waals surface area contributed by atoms with Crippen LogP contribution in [0, 0.1) is 5.82 Å². The van der Waals surface area contributed by atoms with Crippen LogP contribution in [0.3, 0.4) is 0 Å². The Hall–Kier alpha value is -2.79. The third-order valence-electron chi connectivity index (χ3n) is 5.36. The predicted octanol–water partition coefficient (Wildman–Crippen LogP) is 5.19. The van der Waals surface area contributed by atoms with Crippen molar-refractivity contribution in [2.24, 2.45) is 0 Å². The minimum absolute atomic E-state index is 0.00702. The molecule has 2 heterocycles. The molecular weight excluding hydrogens is 371 g/mol. The Morgan fingerprint density at radius 1 is 1.00 bits per heavy atom. The number of rotatable bonds is 3. The normalized spacial score (nSPS) is 13.6. The number of hydrogen-bond acceptors (Lipinski definition) is 3. The van der Waals surface area contributed by atoms with E-state index in [4.69, 9.17) is 4.98 Å². The molecule has 0 amide bonds. The van der Waals surface area contributed by atoms with Crippen molar-refractivity contribution >= 4 is 21.6 Å². The molecule has 0 spiro atoms. The lowest BCUT2D eigenvalue weighted by molar-refractivity contribution is 0.628. The van der Waals surface area contributed by atoms with Crippen molar-refractivity contribution in [3.8, 4) is 11.4 Å². The molecule has 3 nitrogen and oxygen atoms in total. The zero-order valence-corrected chi connectivity index (χ0v) is 16.1. The van der Waals surface area contributed by atoms with E-state index in [0.29, 0.717) is 12.4 Å². The second-order valence-electron chi connectivity index (χ2n) is 7.21. The zero-order valence-electron chi connectivity index (χ0n) is 15.3. The van der Waals surface area contributed by atoms with Crippen LogP contribution in [-0.4, -0.2) is 9.55 Å². The van der Waals surface area contributed by atoms with Gasteiger partial charge in [0.15, 0.2) is 0 Å². The van der Waals surface area contributed by atoms with Gasteiger partial charge < -0.3 is 0 Å². The average Bonchev–Trinajstić information content (AvgIpc) is 3.10. The number of nitrogens with zero attached hydrogens (tertiary/aromatic N) is 2. The van der Waals surface area contributed by atoms with Crippen molar-refractivity contribution < 1.29 is 4.39 Å². The van der Waals surface area contributed by atoms with Crippen molar-refractivity contribution in [3.05, 3.63) is 86.8 Å². The first kappa shape index (κ1) is 17.3. The number of fused-ring (bicyclic) bond motifs is 3. The van der Waals surface area contributed by atoms with E-state index in [1.807, 2.05) is 30.3 Å². The lowest BCUT2D eigenvalue weighted by atomic mass is 9.97. The van der Waals surface area contributed by atoms with E-state index >= 15 is 0 Å². The van der Waals surface area contributed by atoms with Gasteiger partial charge in [-0.05, 0) is 61.1 Å². The second-order valence-corrected chi connectivity index (χ2v) is 8.29. The standard InChI is InChI=1S/C23H19FN2OS/c24-17-12-10-16(11-13-17)21-25-22-20(18-8-4-5-9-19(18)28-22)23(27)26(21)14-15-6-2-1-3-7-15/h1-3,6-7,10-13H,4-5,8-9,14H2. The minimum Gasteiger partial charge on any atom is -0.288 e. The minimum atomic E-state index is -0.298. The lowest BCUT2D eigenvalue weighted by Crippen LogP contribution is -2.24. The van der Waals surface area contributed by atoms with Gasteiger partial charge in [-0.3, -0.25) is 9.36 Å². The van der Waals surface area contributed by atoms with Crippen LogP contribution in [0.5, 0.6) is 0 Å². The van der Waals surface area contributed by atoms with E-state index in [9.17, 15) is 9.18 Å². The summed E-state index contributed by atoms with van der Waals surface area (Å²) in [6.45, 7) is 0.444. The lowest BCUT2D eigenvalue weighted by Gasteiger charge is -2.14. The van der Waals surface area contributed by atoms with Gasteiger partial charge >= 0.3 is 0 Å². The van der Waals surface area contributed by atoms with Crippen LogP contribution in [0.25, 0.3) is 21.6 Å². The zero-order chi connectivity index (χ0) is 19.1. The molecule has 28 heavy (non-hydrogen) atoms.